The summed E-state index contributed by atoms with van der Waals surface area (Å²) in [5.41, 5.74) is 1.50. The van der Waals surface area contributed by atoms with Crippen molar-refractivity contribution in [2.75, 3.05) is 6.54 Å². The summed E-state index contributed by atoms with van der Waals surface area (Å²) in [4.78, 5) is 21.5. The van der Waals surface area contributed by atoms with Gasteiger partial charge in [0.05, 0.1) is 28.9 Å². The van der Waals surface area contributed by atoms with Gasteiger partial charge in [-0.05, 0) is 37.0 Å². The van der Waals surface area contributed by atoms with Gasteiger partial charge in [-0.3, -0.25) is 4.79 Å². The standard InChI is InChI=1S/C25H32F2N4O2/c1-24(2,3)20-12-21(29-14-28-20)25(7-5-4-6-8-25)30-13-19(32)18-10-15-9-16(26)11-17(27)22(15)23(33)31-18/h9,11-12,14,18-19,30,32H,4-8,10,13H2,1-3H3,(H,31,33). The molecule has 1 fully saturated rings. The molecule has 1 aromatic carbocycles. The zero-order chi connectivity index (χ0) is 23.8. The minimum Gasteiger partial charge on any atom is -0.390 e. The van der Waals surface area contributed by atoms with Gasteiger partial charge in [-0.25, -0.2) is 18.7 Å². The number of carbonyl (C=O) groups excluding carboxylic acids is 1. The number of carbonyl (C=O) groups is 1. The van der Waals surface area contributed by atoms with Crippen LogP contribution < -0.4 is 10.6 Å². The Labute approximate surface area is 193 Å². The summed E-state index contributed by atoms with van der Waals surface area (Å²) in [6, 6.07) is 3.28. The molecule has 2 aromatic rings. The van der Waals surface area contributed by atoms with Crippen molar-refractivity contribution in [1.82, 2.24) is 20.6 Å². The molecule has 0 bridgehead atoms. The van der Waals surface area contributed by atoms with Crippen LogP contribution in [0.3, 0.4) is 0 Å². The zero-order valence-electron chi connectivity index (χ0n) is 19.4. The monoisotopic (exact) mass is 458 g/mol. The molecule has 4 rings (SSSR count). The van der Waals surface area contributed by atoms with Gasteiger partial charge in [-0.15, -0.1) is 0 Å². The van der Waals surface area contributed by atoms with Gasteiger partial charge in [-0.2, -0.15) is 0 Å². The lowest BCUT2D eigenvalue weighted by atomic mass is 9.77. The van der Waals surface area contributed by atoms with Crippen molar-refractivity contribution in [1.29, 1.82) is 0 Å². The molecule has 0 spiro atoms. The summed E-state index contributed by atoms with van der Waals surface area (Å²) < 4.78 is 27.8. The quantitative estimate of drug-likeness (QED) is 0.638. The van der Waals surface area contributed by atoms with Crippen molar-refractivity contribution < 1.29 is 18.7 Å². The average Bonchev–Trinajstić information content (AvgIpc) is 2.77. The second-order valence-electron chi connectivity index (χ2n) is 10.3. The van der Waals surface area contributed by atoms with Gasteiger partial charge in [0, 0.05) is 23.7 Å². The van der Waals surface area contributed by atoms with E-state index in [4.69, 9.17) is 0 Å². The van der Waals surface area contributed by atoms with Crippen LogP contribution in [0.1, 0.15) is 80.2 Å². The molecular formula is C25H32F2N4O2. The van der Waals surface area contributed by atoms with Crippen LogP contribution in [0.15, 0.2) is 24.5 Å². The molecule has 0 radical (unpaired) electrons. The number of nitrogens with zero attached hydrogens (tertiary/aromatic N) is 2. The zero-order valence-corrected chi connectivity index (χ0v) is 19.4. The van der Waals surface area contributed by atoms with E-state index in [1.807, 2.05) is 0 Å². The van der Waals surface area contributed by atoms with Gasteiger partial charge >= 0.3 is 0 Å². The Morgan fingerprint density at radius 1 is 1.18 bits per heavy atom. The molecule has 2 aliphatic rings. The highest BCUT2D eigenvalue weighted by Crippen LogP contribution is 2.37. The first kappa shape index (κ1) is 23.7. The Morgan fingerprint density at radius 2 is 1.91 bits per heavy atom. The summed E-state index contributed by atoms with van der Waals surface area (Å²) in [7, 11) is 0. The highest BCUT2D eigenvalue weighted by molar-refractivity contribution is 5.97. The molecule has 1 aliphatic carbocycles. The molecule has 2 atom stereocenters. The van der Waals surface area contributed by atoms with Gasteiger partial charge in [0.2, 0.25) is 0 Å². The number of benzene rings is 1. The van der Waals surface area contributed by atoms with Gasteiger partial charge in [0.15, 0.2) is 0 Å². The number of aliphatic hydroxyl groups is 1. The van der Waals surface area contributed by atoms with E-state index in [0.29, 0.717) is 6.07 Å². The van der Waals surface area contributed by atoms with Crippen LogP contribution in [0.25, 0.3) is 0 Å². The Kier molecular flexibility index (Phi) is 6.51. The second kappa shape index (κ2) is 9.06. The van der Waals surface area contributed by atoms with Gasteiger partial charge in [0.25, 0.3) is 5.91 Å². The number of nitrogens with one attached hydrogen (secondary N) is 2. The number of rotatable bonds is 5. The van der Waals surface area contributed by atoms with E-state index in [2.05, 4.69) is 47.4 Å². The molecule has 3 N–H and O–H groups in total. The van der Waals surface area contributed by atoms with Crippen LogP contribution in [0, 0.1) is 11.6 Å². The SMILES string of the molecule is CC(C)(C)c1cc(C2(NCC(O)C3Cc4cc(F)cc(F)c4C(=O)N3)CCCCC2)ncn1. The van der Waals surface area contributed by atoms with Gasteiger partial charge in [0.1, 0.15) is 18.0 Å². The van der Waals surface area contributed by atoms with E-state index in [1.165, 1.54) is 6.07 Å². The van der Waals surface area contributed by atoms with E-state index in [9.17, 15) is 18.7 Å². The number of aromatic nitrogens is 2. The van der Waals surface area contributed by atoms with Crippen molar-refractivity contribution in [2.45, 2.75) is 82.4 Å². The molecule has 2 heterocycles. The third-order valence-electron chi connectivity index (χ3n) is 6.87. The number of amides is 1. The third-order valence-corrected chi connectivity index (χ3v) is 6.87. The van der Waals surface area contributed by atoms with Crippen molar-refractivity contribution in [3.63, 3.8) is 0 Å². The maximum atomic E-state index is 14.1. The summed E-state index contributed by atoms with van der Waals surface area (Å²) in [5, 5.41) is 17.2. The normalized spacial score (nSPS) is 21.3. The first-order valence-electron chi connectivity index (χ1n) is 11.6. The maximum absolute atomic E-state index is 14.1. The fourth-order valence-corrected chi connectivity index (χ4v) is 4.95. The van der Waals surface area contributed by atoms with Crippen molar-refractivity contribution in [2.24, 2.45) is 0 Å². The van der Waals surface area contributed by atoms with Crippen LogP contribution in [0.4, 0.5) is 8.78 Å². The Morgan fingerprint density at radius 3 is 2.61 bits per heavy atom. The molecule has 6 nitrogen and oxygen atoms in total. The number of hydrogen-bond acceptors (Lipinski definition) is 5. The Hall–Kier alpha value is -2.45. The van der Waals surface area contributed by atoms with Crippen LogP contribution in [0.5, 0.6) is 0 Å². The molecular weight excluding hydrogens is 426 g/mol. The van der Waals surface area contributed by atoms with Crippen LogP contribution in [-0.4, -0.2) is 39.7 Å². The van der Waals surface area contributed by atoms with E-state index < -0.39 is 35.2 Å². The summed E-state index contributed by atoms with van der Waals surface area (Å²) in [6.45, 7) is 6.55. The minimum atomic E-state index is -0.934. The summed E-state index contributed by atoms with van der Waals surface area (Å²) in [5.74, 6) is -2.24. The first-order valence-corrected chi connectivity index (χ1v) is 11.6. The van der Waals surface area contributed by atoms with Crippen molar-refractivity contribution in [3.8, 4) is 0 Å². The van der Waals surface area contributed by atoms with Crippen molar-refractivity contribution in [3.05, 3.63) is 58.7 Å². The molecule has 1 aromatic heterocycles. The van der Waals surface area contributed by atoms with Crippen LogP contribution in [-0.2, 0) is 17.4 Å². The number of hydrogen-bond donors (Lipinski definition) is 3. The maximum Gasteiger partial charge on any atom is 0.254 e. The second-order valence-corrected chi connectivity index (χ2v) is 10.3. The topological polar surface area (TPSA) is 87.1 Å². The first-order chi connectivity index (χ1) is 15.6. The van der Waals surface area contributed by atoms with Gasteiger partial charge < -0.3 is 15.7 Å². The Balaban J connectivity index is 1.53. The van der Waals surface area contributed by atoms with Gasteiger partial charge in [-0.1, -0.05) is 40.0 Å². The highest BCUT2D eigenvalue weighted by atomic mass is 19.1. The molecule has 2 unspecified atom stereocenters. The largest absolute Gasteiger partial charge is 0.390 e. The highest BCUT2D eigenvalue weighted by Gasteiger charge is 2.38. The fourth-order valence-electron chi connectivity index (χ4n) is 4.95. The number of aliphatic hydroxyl groups excluding tert-OH is 1. The average molecular weight is 459 g/mol. The number of fused-ring (bicyclic) bond motifs is 1. The lowest BCUT2D eigenvalue weighted by molar-refractivity contribution is 0.0754. The molecule has 0 saturated heterocycles. The van der Waals surface area contributed by atoms with E-state index in [1.54, 1.807) is 6.33 Å². The molecule has 1 amide bonds. The summed E-state index contributed by atoms with van der Waals surface area (Å²) >= 11 is 0. The van der Waals surface area contributed by atoms with E-state index in [-0.39, 0.29) is 29.5 Å². The smallest absolute Gasteiger partial charge is 0.254 e. The molecule has 1 saturated carbocycles. The number of halogens is 2. The minimum absolute atomic E-state index is 0.114. The predicted molar refractivity (Wildman–Crippen MR) is 121 cm³/mol. The van der Waals surface area contributed by atoms with Crippen molar-refractivity contribution >= 4 is 5.91 Å². The molecule has 178 valence electrons. The fraction of sp³-hybridized carbons (Fsp3) is 0.560. The lowest BCUT2D eigenvalue weighted by Gasteiger charge is -2.40. The predicted octanol–water partition coefficient (Wildman–Crippen LogP) is 3.52. The third kappa shape index (κ3) is 4.92. The molecule has 8 heteroatoms. The van der Waals surface area contributed by atoms with Crippen LogP contribution >= 0.6 is 0 Å². The molecule has 33 heavy (non-hydrogen) atoms. The van der Waals surface area contributed by atoms with E-state index in [0.717, 1.165) is 43.5 Å². The molecule has 1 aliphatic heterocycles. The Bertz CT molecular complexity index is 1030. The summed E-state index contributed by atoms with van der Waals surface area (Å²) in [6.07, 6.45) is 5.84. The lowest BCUT2D eigenvalue weighted by Crippen LogP contribution is -2.55. The van der Waals surface area contributed by atoms with Crippen LogP contribution in [0.2, 0.25) is 0 Å². The van der Waals surface area contributed by atoms with E-state index >= 15 is 0 Å².